The Kier molecular flexibility index (Phi) is 3.54. The number of hydrogen-bond acceptors (Lipinski definition) is 2. The lowest BCUT2D eigenvalue weighted by molar-refractivity contribution is -0.0725. The number of halogens is 8. The summed E-state index contributed by atoms with van der Waals surface area (Å²) in [5, 5.41) is 1.60. The average molecular weight is 228 g/mol. The fourth-order valence-corrected chi connectivity index (χ4v) is 0.444. The molecule has 82 valence electrons. The van der Waals surface area contributed by atoms with Crippen molar-refractivity contribution in [3.8, 4) is 0 Å². The minimum Gasteiger partial charge on any atom is -0.164 e. The van der Waals surface area contributed by atoms with Crippen molar-refractivity contribution in [3.63, 3.8) is 0 Å². The number of rotatable bonds is 1. The largest absolute Gasteiger partial charge is 0.438 e. The van der Waals surface area contributed by atoms with Crippen LogP contribution in [0, 0.1) is 0 Å². The molecule has 0 fully saturated rings. The highest BCUT2D eigenvalue weighted by Crippen LogP contribution is 2.27. The fraction of sp³-hybridized carbons (Fsp3) is 0.500. The van der Waals surface area contributed by atoms with Gasteiger partial charge in [-0.05, 0) is 0 Å². The first-order valence-corrected chi connectivity index (χ1v) is 2.67. The lowest BCUT2D eigenvalue weighted by atomic mass is 10.2. The Morgan fingerprint density at radius 1 is 0.643 bits per heavy atom. The molecule has 0 aliphatic heterocycles. The van der Waals surface area contributed by atoms with Crippen molar-refractivity contribution >= 4 is 11.4 Å². The molecule has 0 aliphatic carbocycles. The molecule has 0 amide bonds. The highest BCUT2D eigenvalue weighted by molar-refractivity contribution is 6.46. The van der Waals surface area contributed by atoms with Crippen molar-refractivity contribution in [2.45, 2.75) is 12.4 Å². The van der Waals surface area contributed by atoms with Gasteiger partial charge in [-0.25, -0.2) is 0 Å². The maximum atomic E-state index is 11.6. The number of nitrogens with zero attached hydrogens (tertiary/aromatic N) is 2. The predicted octanol–water partition coefficient (Wildman–Crippen LogP) is 2.76. The molecule has 0 aromatic carbocycles. The molecule has 0 heterocycles. The van der Waals surface area contributed by atoms with Crippen LogP contribution in [-0.4, -0.2) is 23.8 Å². The maximum Gasteiger partial charge on any atom is 0.438 e. The Labute approximate surface area is 70.8 Å². The molecule has 0 aromatic heterocycles. The molecule has 0 radical (unpaired) electrons. The zero-order chi connectivity index (χ0) is 11.6. The Morgan fingerprint density at radius 2 is 0.857 bits per heavy atom. The predicted molar refractivity (Wildman–Crippen MR) is 29.2 cm³/mol. The monoisotopic (exact) mass is 228 g/mol. The van der Waals surface area contributed by atoms with Gasteiger partial charge in [-0.2, -0.15) is 26.3 Å². The smallest absolute Gasteiger partial charge is 0.164 e. The molecule has 0 bridgehead atoms. The van der Waals surface area contributed by atoms with E-state index in [1.165, 1.54) is 0 Å². The van der Waals surface area contributed by atoms with Crippen LogP contribution in [0.4, 0.5) is 35.3 Å². The van der Waals surface area contributed by atoms with Gasteiger partial charge in [-0.15, -0.1) is 0 Å². The van der Waals surface area contributed by atoms with E-state index >= 15 is 0 Å². The summed E-state index contributed by atoms with van der Waals surface area (Å²) in [5.41, 5.74) is -6.12. The third-order valence-electron chi connectivity index (χ3n) is 0.930. The van der Waals surface area contributed by atoms with Crippen LogP contribution in [0.5, 0.6) is 0 Å². The quantitative estimate of drug-likeness (QED) is 0.487. The summed E-state index contributed by atoms with van der Waals surface area (Å²) in [7, 11) is 0. The second kappa shape index (κ2) is 3.88. The van der Waals surface area contributed by atoms with Gasteiger partial charge in [0.05, 0.1) is 0 Å². The van der Waals surface area contributed by atoms with Crippen LogP contribution in [0.1, 0.15) is 0 Å². The van der Waals surface area contributed by atoms with Crippen LogP contribution in [0.3, 0.4) is 0 Å². The van der Waals surface area contributed by atoms with Crippen molar-refractivity contribution in [3.05, 3.63) is 0 Å². The van der Waals surface area contributed by atoms with Gasteiger partial charge in [-0.3, -0.25) is 0 Å². The minimum absolute atomic E-state index is 0.798. The molecular weight excluding hydrogens is 228 g/mol. The van der Waals surface area contributed by atoms with Crippen molar-refractivity contribution in [1.29, 1.82) is 0 Å². The number of alkyl halides is 6. The second-order valence-electron chi connectivity index (χ2n) is 1.86. The summed E-state index contributed by atoms with van der Waals surface area (Å²) in [6.07, 6.45) is -11.5. The van der Waals surface area contributed by atoms with Crippen LogP contribution < -0.4 is 0 Å². The first kappa shape index (κ1) is 12.8. The highest BCUT2D eigenvalue weighted by atomic mass is 19.4. The molecule has 0 aromatic rings. The highest BCUT2D eigenvalue weighted by Gasteiger charge is 2.51. The van der Waals surface area contributed by atoms with Crippen molar-refractivity contribution in [1.82, 2.24) is 0 Å². The molecule has 0 rings (SSSR count). The standard InChI is InChI=1S/C4F8N2/c5-3(6,7)1(13-11)2(14-12)4(8,9)10. The van der Waals surface area contributed by atoms with E-state index in [1.807, 2.05) is 0 Å². The van der Waals surface area contributed by atoms with Gasteiger partial charge in [0.1, 0.15) is 0 Å². The van der Waals surface area contributed by atoms with Gasteiger partial charge in [0.15, 0.2) is 0 Å². The Balaban J connectivity index is 5.27. The SMILES string of the molecule is FN=C(C(=NF)C(F)(F)F)C(F)(F)F. The number of hydrogen-bond donors (Lipinski definition) is 0. The van der Waals surface area contributed by atoms with Gasteiger partial charge in [0.25, 0.3) is 0 Å². The molecule has 0 spiro atoms. The zero-order valence-corrected chi connectivity index (χ0v) is 5.92. The molecule has 0 unspecified atom stereocenters. The molecule has 10 heteroatoms. The summed E-state index contributed by atoms with van der Waals surface area (Å²) < 4.78 is 91.9. The van der Waals surface area contributed by atoms with E-state index in [0.29, 0.717) is 0 Å². The summed E-state index contributed by atoms with van der Waals surface area (Å²) in [6, 6.07) is 0. The van der Waals surface area contributed by atoms with Crippen LogP contribution in [0.15, 0.2) is 10.4 Å². The molecule has 14 heavy (non-hydrogen) atoms. The second-order valence-corrected chi connectivity index (χ2v) is 1.86. The Hall–Kier alpha value is -1.22. The van der Waals surface area contributed by atoms with E-state index in [4.69, 9.17) is 0 Å². The average Bonchev–Trinajstić information content (AvgIpc) is 1.94. The maximum absolute atomic E-state index is 11.6. The van der Waals surface area contributed by atoms with Gasteiger partial charge >= 0.3 is 12.4 Å². The summed E-state index contributed by atoms with van der Waals surface area (Å²) in [4.78, 5) is 0. The van der Waals surface area contributed by atoms with Gasteiger partial charge in [0, 0.05) is 0 Å². The molecule has 2 nitrogen and oxygen atoms in total. The van der Waals surface area contributed by atoms with Crippen molar-refractivity contribution in [2.24, 2.45) is 10.4 Å². The summed E-state index contributed by atoms with van der Waals surface area (Å²) >= 11 is 0. The third kappa shape index (κ3) is 2.92. The Bertz CT molecular complexity index is 229. The van der Waals surface area contributed by atoms with E-state index in [1.54, 1.807) is 0 Å². The van der Waals surface area contributed by atoms with E-state index in [2.05, 4.69) is 0 Å². The zero-order valence-electron chi connectivity index (χ0n) is 5.92. The topological polar surface area (TPSA) is 24.7 Å². The van der Waals surface area contributed by atoms with Gasteiger partial charge < -0.3 is 0 Å². The first-order valence-electron chi connectivity index (χ1n) is 2.67. The van der Waals surface area contributed by atoms with E-state index in [-0.39, 0.29) is 0 Å². The molecule has 0 atom stereocenters. The van der Waals surface area contributed by atoms with Gasteiger partial charge in [0.2, 0.25) is 11.4 Å². The van der Waals surface area contributed by atoms with Crippen LogP contribution in [0.2, 0.25) is 0 Å². The van der Waals surface area contributed by atoms with Gasteiger partial charge in [-0.1, -0.05) is 19.4 Å². The summed E-state index contributed by atoms with van der Waals surface area (Å²) in [5.74, 6) is 0. The molecular formula is C4F8N2. The lowest BCUT2D eigenvalue weighted by Gasteiger charge is -2.11. The fourth-order valence-electron chi connectivity index (χ4n) is 0.444. The van der Waals surface area contributed by atoms with Crippen LogP contribution >= 0.6 is 0 Å². The van der Waals surface area contributed by atoms with E-state index in [9.17, 15) is 35.3 Å². The third-order valence-corrected chi connectivity index (χ3v) is 0.930. The normalized spacial score (nSPS) is 16.0. The van der Waals surface area contributed by atoms with Crippen LogP contribution in [-0.2, 0) is 0 Å². The van der Waals surface area contributed by atoms with E-state index < -0.39 is 23.8 Å². The Morgan fingerprint density at radius 3 is 0.929 bits per heavy atom. The molecule has 0 saturated heterocycles. The van der Waals surface area contributed by atoms with Crippen molar-refractivity contribution < 1.29 is 35.3 Å². The first-order chi connectivity index (χ1) is 6.14. The van der Waals surface area contributed by atoms with E-state index in [0.717, 1.165) is 10.4 Å². The van der Waals surface area contributed by atoms with Crippen molar-refractivity contribution in [2.75, 3.05) is 0 Å². The lowest BCUT2D eigenvalue weighted by Crippen LogP contribution is -2.39. The molecule has 0 N–H and O–H groups in total. The van der Waals surface area contributed by atoms with Crippen LogP contribution in [0.25, 0.3) is 0 Å². The summed E-state index contributed by atoms with van der Waals surface area (Å²) in [6.45, 7) is 0. The molecule has 0 saturated carbocycles. The molecule has 0 aliphatic rings. The minimum atomic E-state index is -5.77.